The average Bonchev–Trinajstić information content (AvgIpc) is 3.32. The number of ether oxygens (including phenoxy) is 3. The molecule has 0 amide bonds. The van der Waals surface area contributed by atoms with E-state index in [1.165, 1.54) is 10.4 Å². The van der Waals surface area contributed by atoms with Crippen LogP contribution in [-0.2, 0) is 21.3 Å². The number of aryl methyl sites for hydroxylation is 1. The zero-order valence-corrected chi connectivity index (χ0v) is 20.2. The van der Waals surface area contributed by atoms with Gasteiger partial charge in [0, 0.05) is 41.7 Å². The SMILES string of the molecule is Cc1ccc(Cl)cc1S(=O)(=O)N(Cc1cc2cc3c(cc2[nH]c1=O)OCCO3)CC1CCCO1. The summed E-state index contributed by atoms with van der Waals surface area (Å²) in [6.07, 6.45) is 1.41. The Balaban J connectivity index is 1.55. The van der Waals surface area contributed by atoms with Crippen LogP contribution in [0.25, 0.3) is 10.9 Å². The predicted molar refractivity (Wildman–Crippen MR) is 128 cm³/mol. The molecule has 2 aliphatic heterocycles. The van der Waals surface area contributed by atoms with Crippen molar-refractivity contribution in [2.75, 3.05) is 26.4 Å². The van der Waals surface area contributed by atoms with Crippen LogP contribution < -0.4 is 15.0 Å². The van der Waals surface area contributed by atoms with Crippen LogP contribution in [0.3, 0.4) is 0 Å². The molecule has 1 unspecified atom stereocenters. The number of sulfonamides is 1. The third-order valence-corrected chi connectivity index (χ3v) is 8.32. The van der Waals surface area contributed by atoms with E-state index in [4.69, 9.17) is 25.8 Å². The highest BCUT2D eigenvalue weighted by atomic mass is 35.5. The molecule has 34 heavy (non-hydrogen) atoms. The van der Waals surface area contributed by atoms with Crippen LogP contribution in [-0.4, -0.2) is 50.2 Å². The molecule has 0 radical (unpaired) electrons. The molecule has 0 saturated carbocycles. The molecular weight excluding hydrogens is 480 g/mol. The van der Waals surface area contributed by atoms with Crippen molar-refractivity contribution in [1.29, 1.82) is 0 Å². The minimum Gasteiger partial charge on any atom is -0.486 e. The topological polar surface area (TPSA) is 97.9 Å². The summed E-state index contributed by atoms with van der Waals surface area (Å²) >= 11 is 6.12. The number of aromatic nitrogens is 1. The molecule has 1 N–H and O–H groups in total. The summed E-state index contributed by atoms with van der Waals surface area (Å²) in [6.45, 7) is 3.25. The maximum atomic E-state index is 13.7. The van der Waals surface area contributed by atoms with Gasteiger partial charge in [-0.15, -0.1) is 0 Å². The van der Waals surface area contributed by atoms with E-state index in [1.54, 1.807) is 37.3 Å². The summed E-state index contributed by atoms with van der Waals surface area (Å²) in [5.74, 6) is 1.16. The number of fused-ring (bicyclic) bond motifs is 2. The van der Waals surface area contributed by atoms with E-state index in [1.807, 2.05) is 0 Å². The molecule has 3 heterocycles. The van der Waals surface area contributed by atoms with Gasteiger partial charge in [-0.25, -0.2) is 8.42 Å². The summed E-state index contributed by atoms with van der Waals surface area (Å²) < 4.78 is 45.7. The molecule has 10 heteroatoms. The van der Waals surface area contributed by atoms with E-state index >= 15 is 0 Å². The average molecular weight is 505 g/mol. The van der Waals surface area contributed by atoms with Crippen LogP contribution in [0.5, 0.6) is 11.5 Å². The molecular formula is C24H25ClN2O6S. The highest BCUT2D eigenvalue weighted by Crippen LogP contribution is 2.34. The van der Waals surface area contributed by atoms with Crippen LogP contribution in [0.15, 0.2) is 46.1 Å². The molecule has 1 atom stereocenters. The first kappa shape index (κ1) is 23.2. The Kier molecular flexibility index (Phi) is 6.28. The minimum absolute atomic E-state index is 0.103. The van der Waals surface area contributed by atoms with Gasteiger partial charge in [0.1, 0.15) is 13.2 Å². The first-order valence-electron chi connectivity index (χ1n) is 11.1. The Morgan fingerprint density at radius 1 is 1.09 bits per heavy atom. The van der Waals surface area contributed by atoms with Gasteiger partial charge in [-0.05, 0) is 49.6 Å². The van der Waals surface area contributed by atoms with Gasteiger partial charge in [-0.2, -0.15) is 4.31 Å². The third kappa shape index (κ3) is 4.53. The molecule has 5 rings (SSSR count). The molecule has 8 nitrogen and oxygen atoms in total. The van der Waals surface area contributed by atoms with Gasteiger partial charge in [-0.1, -0.05) is 17.7 Å². The van der Waals surface area contributed by atoms with Gasteiger partial charge in [0.05, 0.1) is 16.5 Å². The largest absolute Gasteiger partial charge is 0.486 e. The smallest absolute Gasteiger partial charge is 0.252 e. The van der Waals surface area contributed by atoms with Crippen molar-refractivity contribution in [3.8, 4) is 11.5 Å². The van der Waals surface area contributed by atoms with E-state index in [0.29, 0.717) is 53.0 Å². The van der Waals surface area contributed by atoms with Crippen LogP contribution >= 0.6 is 11.6 Å². The van der Waals surface area contributed by atoms with Crippen molar-refractivity contribution in [3.63, 3.8) is 0 Å². The fraction of sp³-hybridized carbons (Fsp3) is 0.375. The van der Waals surface area contributed by atoms with Crippen molar-refractivity contribution in [3.05, 3.63) is 62.9 Å². The number of hydrogen-bond acceptors (Lipinski definition) is 6. The molecule has 1 fully saturated rings. The lowest BCUT2D eigenvalue weighted by molar-refractivity contribution is 0.0925. The summed E-state index contributed by atoms with van der Waals surface area (Å²) in [4.78, 5) is 15.9. The number of benzene rings is 2. The third-order valence-electron chi connectivity index (χ3n) is 6.13. The zero-order valence-electron chi connectivity index (χ0n) is 18.7. The highest BCUT2D eigenvalue weighted by molar-refractivity contribution is 7.89. The lowest BCUT2D eigenvalue weighted by Gasteiger charge is -2.26. The molecule has 1 saturated heterocycles. The van der Waals surface area contributed by atoms with Crippen molar-refractivity contribution in [2.45, 2.75) is 37.3 Å². The Bertz CT molecular complexity index is 1400. The fourth-order valence-electron chi connectivity index (χ4n) is 4.35. The number of nitrogens with one attached hydrogen (secondary N) is 1. The number of rotatable bonds is 6. The Morgan fingerprint density at radius 3 is 2.59 bits per heavy atom. The normalized spacial score (nSPS) is 18.0. The molecule has 0 bridgehead atoms. The molecule has 2 aliphatic rings. The highest BCUT2D eigenvalue weighted by Gasteiger charge is 2.31. The van der Waals surface area contributed by atoms with Gasteiger partial charge >= 0.3 is 0 Å². The van der Waals surface area contributed by atoms with E-state index < -0.39 is 10.0 Å². The van der Waals surface area contributed by atoms with Crippen molar-refractivity contribution in [1.82, 2.24) is 9.29 Å². The molecule has 3 aromatic rings. The molecule has 0 aliphatic carbocycles. The Morgan fingerprint density at radius 2 is 1.85 bits per heavy atom. The summed E-state index contributed by atoms with van der Waals surface area (Å²) in [6, 6.07) is 10.0. The van der Waals surface area contributed by atoms with Crippen LogP contribution in [0.1, 0.15) is 24.0 Å². The van der Waals surface area contributed by atoms with E-state index in [0.717, 1.165) is 18.2 Å². The molecule has 2 aromatic carbocycles. The van der Waals surface area contributed by atoms with Gasteiger partial charge in [0.15, 0.2) is 11.5 Å². The second kappa shape index (κ2) is 9.22. The van der Waals surface area contributed by atoms with Crippen LogP contribution in [0.4, 0.5) is 0 Å². The Hall–Kier alpha value is -2.59. The maximum absolute atomic E-state index is 13.7. The predicted octanol–water partition coefficient (Wildman–Crippen LogP) is 3.63. The van der Waals surface area contributed by atoms with Crippen LogP contribution in [0, 0.1) is 6.92 Å². The number of halogens is 1. The second-order valence-corrected chi connectivity index (χ2v) is 10.9. The van der Waals surface area contributed by atoms with Gasteiger partial charge in [-0.3, -0.25) is 4.79 Å². The molecule has 180 valence electrons. The van der Waals surface area contributed by atoms with Crippen molar-refractivity contribution < 1.29 is 22.6 Å². The quantitative estimate of drug-likeness (QED) is 0.550. The first-order valence-corrected chi connectivity index (χ1v) is 13.0. The van der Waals surface area contributed by atoms with E-state index in [2.05, 4.69) is 4.98 Å². The van der Waals surface area contributed by atoms with E-state index in [-0.39, 0.29) is 29.6 Å². The zero-order chi connectivity index (χ0) is 23.9. The number of hydrogen-bond donors (Lipinski definition) is 1. The van der Waals surface area contributed by atoms with Gasteiger partial charge in [0.25, 0.3) is 5.56 Å². The molecule has 0 spiro atoms. The maximum Gasteiger partial charge on any atom is 0.252 e. The number of pyridine rings is 1. The Labute approximate surface area is 202 Å². The molecule has 1 aromatic heterocycles. The first-order chi connectivity index (χ1) is 16.3. The van der Waals surface area contributed by atoms with Gasteiger partial charge < -0.3 is 19.2 Å². The van der Waals surface area contributed by atoms with Crippen molar-refractivity contribution >= 4 is 32.5 Å². The standard InChI is InChI=1S/C24H25ClN2O6S/c1-15-4-5-18(25)11-23(15)34(29,30)27(14-19-3-2-6-31-19)13-17-9-16-10-21-22(33-8-7-32-21)12-20(16)26-24(17)28/h4-5,9-12,19H,2-3,6-8,13-14H2,1H3,(H,26,28). The summed E-state index contributed by atoms with van der Waals surface area (Å²) in [7, 11) is -3.95. The lowest BCUT2D eigenvalue weighted by atomic mass is 10.1. The fourth-order valence-corrected chi connectivity index (χ4v) is 6.29. The number of H-pyrrole nitrogens is 1. The number of aromatic amines is 1. The van der Waals surface area contributed by atoms with E-state index in [9.17, 15) is 13.2 Å². The minimum atomic E-state index is -3.95. The summed E-state index contributed by atoms with van der Waals surface area (Å²) in [5.41, 5.74) is 1.14. The van der Waals surface area contributed by atoms with Gasteiger partial charge in [0.2, 0.25) is 10.0 Å². The second-order valence-electron chi connectivity index (χ2n) is 8.55. The lowest BCUT2D eigenvalue weighted by Crippen LogP contribution is -2.38. The van der Waals surface area contributed by atoms with Crippen molar-refractivity contribution in [2.24, 2.45) is 0 Å². The monoisotopic (exact) mass is 504 g/mol. The van der Waals surface area contributed by atoms with Crippen LogP contribution in [0.2, 0.25) is 5.02 Å². The number of nitrogens with zero attached hydrogens (tertiary/aromatic N) is 1. The summed E-state index contributed by atoms with van der Waals surface area (Å²) in [5, 5.41) is 1.06.